The molecule has 6 rings (SSSR count). The molecule has 0 aliphatic carbocycles. The number of aromatic nitrogens is 4. The Hall–Kier alpha value is -4.97. The van der Waals surface area contributed by atoms with Gasteiger partial charge in [0.25, 0.3) is 11.1 Å². The van der Waals surface area contributed by atoms with E-state index in [2.05, 4.69) is 50.9 Å². The van der Waals surface area contributed by atoms with Crippen molar-refractivity contribution in [1.82, 2.24) is 29.1 Å². The molecule has 272 valence electrons. The molecule has 0 spiro atoms. The summed E-state index contributed by atoms with van der Waals surface area (Å²) in [7, 11) is 0. The Morgan fingerprint density at radius 3 is 2.10 bits per heavy atom. The first-order valence-electron chi connectivity index (χ1n) is 17.8. The molecule has 52 heavy (non-hydrogen) atoms. The van der Waals surface area contributed by atoms with Crippen molar-refractivity contribution in [3.63, 3.8) is 0 Å². The minimum atomic E-state index is -0.411. The van der Waals surface area contributed by atoms with Crippen molar-refractivity contribution in [2.75, 3.05) is 44.2 Å². The maximum Gasteiger partial charge on any atom is 0.293 e. The monoisotopic (exact) mass is 723 g/mol. The van der Waals surface area contributed by atoms with Crippen molar-refractivity contribution in [3.8, 4) is 11.5 Å². The zero-order valence-corrected chi connectivity index (χ0v) is 30.5. The molecule has 1 unspecified atom stereocenters. The number of hydrogen-bond acceptors (Lipinski definition) is 9. The Balaban J connectivity index is 1.07. The molecule has 5 aromatic rings. The van der Waals surface area contributed by atoms with E-state index in [9.17, 15) is 19.8 Å². The lowest BCUT2D eigenvalue weighted by Crippen LogP contribution is -2.46. The van der Waals surface area contributed by atoms with E-state index in [4.69, 9.17) is 11.6 Å². The van der Waals surface area contributed by atoms with Gasteiger partial charge in [0, 0.05) is 69.3 Å². The summed E-state index contributed by atoms with van der Waals surface area (Å²) in [5.74, 6) is 0.502. The van der Waals surface area contributed by atoms with Crippen LogP contribution >= 0.6 is 11.6 Å². The van der Waals surface area contributed by atoms with Gasteiger partial charge in [-0.25, -0.2) is 0 Å². The van der Waals surface area contributed by atoms with Crippen LogP contribution in [0.25, 0.3) is 0 Å². The Morgan fingerprint density at radius 2 is 1.42 bits per heavy atom. The van der Waals surface area contributed by atoms with Crippen LogP contribution in [0.3, 0.4) is 0 Å². The summed E-state index contributed by atoms with van der Waals surface area (Å²) in [5, 5.41) is 30.3. The third-order valence-electron chi connectivity index (χ3n) is 9.69. The third kappa shape index (κ3) is 9.08. The summed E-state index contributed by atoms with van der Waals surface area (Å²) in [6.07, 6.45) is 4.44. The number of anilines is 1. The fourth-order valence-corrected chi connectivity index (χ4v) is 6.92. The molecule has 1 aliphatic rings. The Bertz CT molecular complexity index is 2060. The van der Waals surface area contributed by atoms with Crippen LogP contribution in [-0.4, -0.2) is 78.6 Å². The van der Waals surface area contributed by atoms with Crippen LogP contribution in [0.2, 0.25) is 5.15 Å². The van der Waals surface area contributed by atoms with Crippen molar-refractivity contribution in [1.29, 1.82) is 0 Å². The Kier molecular flexibility index (Phi) is 12.1. The summed E-state index contributed by atoms with van der Waals surface area (Å²) < 4.78 is 3.08. The molecule has 3 aromatic heterocycles. The van der Waals surface area contributed by atoms with Crippen LogP contribution in [0.4, 0.5) is 5.82 Å². The van der Waals surface area contributed by atoms with Crippen molar-refractivity contribution in [2.45, 2.75) is 52.4 Å². The van der Waals surface area contributed by atoms with Gasteiger partial charge >= 0.3 is 0 Å². The SMILES string of the molecule is CCCN(Cc1ccn(Cc2ccccc2)c(=O)c1O)CC(C)c1cccc(Cn2ccc(CN3CCN(c4ccc(Cl)nn4)CC3)c(O)c2=O)c1. The van der Waals surface area contributed by atoms with Crippen molar-refractivity contribution in [2.24, 2.45) is 0 Å². The molecule has 12 heteroatoms. The van der Waals surface area contributed by atoms with E-state index < -0.39 is 11.1 Å². The highest BCUT2D eigenvalue weighted by atomic mass is 35.5. The quantitative estimate of drug-likeness (QED) is 0.157. The van der Waals surface area contributed by atoms with Gasteiger partial charge in [0.15, 0.2) is 22.5 Å². The lowest BCUT2D eigenvalue weighted by Gasteiger charge is -2.35. The molecular formula is C40H46ClN7O4. The minimum Gasteiger partial charge on any atom is -0.503 e. The second-order valence-corrected chi connectivity index (χ2v) is 14.0. The molecule has 2 aromatic carbocycles. The predicted molar refractivity (Wildman–Crippen MR) is 204 cm³/mol. The number of aromatic hydroxyl groups is 2. The minimum absolute atomic E-state index is 0.145. The number of piperazine rings is 1. The number of rotatable bonds is 14. The molecular weight excluding hydrogens is 678 g/mol. The summed E-state index contributed by atoms with van der Waals surface area (Å²) in [6.45, 7) is 10.5. The molecule has 0 bridgehead atoms. The fourth-order valence-electron chi connectivity index (χ4n) is 6.82. The zero-order chi connectivity index (χ0) is 36.6. The second-order valence-electron chi connectivity index (χ2n) is 13.6. The van der Waals surface area contributed by atoms with Gasteiger partial charge in [-0.2, -0.15) is 0 Å². The van der Waals surface area contributed by atoms with E-state index >= 15 is 0 Å². The highest BCUT2D eigenvalue weighted by Gasteiger charge is 2.21. The zero-order valence-electron chi connectivity index (χ0n) is 29.7. The van der Waals surface area contributed by atoms with Gasteiger partial charge in [0.1, 0.15) is 0 Å². The average molecular weight is 724 g/mol. The standard InChI is InChI=1S/C40H46ClN7O4/c1-3-16-45(28-34-15-17-47(39(51)38(34)50)25-30-8-5-4-6-9-30)24-29(2)32-11-7-10-31(23-32)26-48-18-14-33(37(49)40(48)52)27-44-19-21-46(22-20-44)36-13-12-35(41)42-43-36/h4-15,17-18,23,29,49-50H,3,16,19-22,24-28H2,1-2H3. The first kappa shape index (κ1) is 36.8. The van der Waals surface area contributed by atoms with Crippen LogP contribution in [0.1, 0.15) is 54.0 Å². The lowest BCUT2D eigenvalue weighted by molar-refractivity contribution is 0.245. The maximum atomic E-state index is 13.3. The lowest BCUT2D eigenvalue weighted by atomic mass is 9.98. The van der Waals surface area contributed by atoms with Gasteiger partial charge in [-0.1, -0.05) is 80.0 Å². The van der Waals surface area contributed by atoms with Crippen LogP contribution in [-0.2, 0) is 26.2 Å². The Labute approximate surface area is 309 Å². The largest absolute Gasteiger partial charge is 0.503 e. The average Bonchev–Trinajstić information content (AvgIpc) is 3.16. The third-order valence-corrected chi connectivity index (χ3v) is 9.89. The van der Waals surface area contributed by atoms with Gasteiger partial charge in [-0.3, -0.25) is 19.4 Å². The molecule has 0 saturated carbocycles. The van der Waals surface area contributed by atoms with Gasteiger partial charge in [-0.15, -0.1) is 10.2 Å². The maximum absolute atomic E-state index is 13.3. The van der Waals surface area contributed by atoms with Crippen molar-refractivity contribution < 1.29 is 10.2 Å². The van der Waals surface area contributed by atoms with Crippen LogP contribution in [0.5, 0.6) is 11.5 Å². The first-order chi connectivity index (χ1) is 25.2. The number of pyridine rings is 2. The molecule has 0 radical (unpaired) electrons. The molecule has 0 amide bonds. The molecule has 1 saturated heterocycles. The summed E-state index contributed by atoms with van der Waals surface area (Å²) in [6, 6.07) is 25.2. The molecule has 1 atom stereocenters. The predicted octanol–water partition coefficient (Wildman–Crippen LogP) is 5.30. The van der Waals surface area contributed by atoms with Gasteiger partial charge < -0.3 is 24.2 Å². The van der Waals surface area contributed by atoms with E-state index in [1.165, 1.54) is 4.57 Å². The Morgan fingerprint density at radius 1 is 0.769 bits per heavy atom. The summed E-state index contributed by atoms with van der Waals surface area (Å²) in [4.78, 5) is 32.9. The first-order valence-corrected chi connectivity index (χ1v) is 18.2. The summed E-state index contributed by atoms with van der Waals surface area (Å²) in [5.41, 5.74) is 3.50. The molecule has 11 nitrogen and oxygen atoms in total. The number of nitrogens with zero attached hydrogens (tertiary/aromatic N) is 7. The number of halogens is 1. The van der Waals surface area contributed by atoms with E-state index in [1.54, 1.807) is 23.0 Å². The molecule has 1 fully saturated rings. The fraction of sp³-hybridized carbons (Fsp3) is 0.350. The van der Waals surface area contributed by atoms with Gasteiger partial charge in [0.05, 0.1) is 13.1 Å². The van der Waals surface area contributed by atoms with Crippen molar-refractivity contribution in [3.05, 3.63) is 145 Å². The van der Waals surface area contributed by atoms with Crippen LogP contribution in [0, 0.1) is 0 Å². The van der Waals surface area contributed by atoms with Gasteiger partial charge in [0.2, 0.25) is 0 Å². The van der Waals surface area contributed by atoms with Crippen molar-refractivity contribution >= 4 is 17.4 Å². The van der Waals surface area contributed by atoms with E-state index in [0.717, 1.165) is 68.2 Å². The van der Waals surface area contributed by atoms with E-state index in [0.29, 0.717) is 42.5 Å². The normalized spacial score (nSPS) is 14.2. The molecule has 4 heterocycles. The second kappa shape index (κ2) is 17.0. The number of benzene rings is 2. The van der Waals surface area contributed by atoms with E-state index in [-0.39, 0.29) is 17.4 Å². The molecule has 2 N–H and O–H groups in total. The van der Waals surface area contributed by atoms with Gasteiger partial charge in [-0.05, 0) is 59.8 Å². The summed E-state index contributed by atoms with van der Waals surface area (Å²) >= 11 is 5.88. The smallest absolute Gasteiger partial charge is 0.293 e. The van der Waals surface area contributed by atoms with Crippen LogP contribution < -0.4 is 16.0 Å². The van der Waals surface area contributed by atoms with E-state index in [1.807, 2.05) is 60.7 Å². The molecule has 1 aliphatic heterocycles. The highest BCUT2D eigenvalue weighted by molar-refractivity contribution is 6.29. The topological polar surface area (TPSA) is 120 Å². The highest BCUT2D eigenvalue weighted by Crippen LogP contribution is 2.23. The van der Waals surface area contributed by atoms with Crippen LogP contribution in [0.15, 0.2) is 101 Å². The number of hydrogen-bond donors (Lipinski definition) is 2.